The standard InChI is InChI=1S/C9H13N3O4S/c1-9(15,7(14)16-2)4-17-8-11-5(10)3-6(13)12-8/h3,15H,4H2,1-2H3,(H3,10,11,12,13). The lowest BCUT2D eigenvalue weighted by molar-refractivity contribution is -0.158. The number of H-pyrrole nitrogens is 1. The topological polar surface area (TPSA) is 118 Å². The second-order valence-electron chi connectivity index (χ2n) is 3.53. The third kappa shape index (κ3) is 3.75. The van der Waals surface area contributed by atoms with E-state index in [1.807, 2.05) is 0 Å². The van der Waals surface area contributed by atoms with E-state index in [4.69, 9.17) is 5.73 Å². The largest absolute Gasteiger partial charge is 0.467 e. The van der Waals surface area contributed by atoms with Gasteiger partial charge in [0.2, 0.25) is 0 Å². The first-order chi connectivity index (χ1) is 7.85. The summed E-state index contributed by atoms with van der Waals surface area (Å²) >= 11 is 1.00. The van der Waals surface area contributed by atoms with Gasteiger partial charge in [0.15, 0.2) is 10.8 Å². The number of ether oxygens (including phenoxy) is 1. The third-order valence-corrected chi connectivity index (χ3v) is 3.03. The van der Waals surface area contributed by atoms with Crippen LogP contribution in [-0.4, -0.2) is 39.5 Å². The number of aliphatic hydroxyl groups is 1. The Kier molecular flexibility index (Phi) is 4.13. The van der Waals surface area contributed by atoms with Gasteiger partial charge in [-0.3, -0.25) is 4.79 Å². The fourth-order valence-corrected chi connectivity index (χ4v) is 1.89. The molecule has 0 aliphatic heterocycles. The number of nitrogens with zero attached hydrogens (tertiary/aromatic N) is 1. The lowest BCUT2D eigenvalue weighted by Crippen LogP contribution is -2.38. The summed E-state index contributed by atoms with van der Waals surface area (Å²) in [5.41, 5.74) is 3.34. The number of nitrogens with one attached hydrogen (secondary N) is 1. The minimum Gasteiger partial charge on any atom is -0.467 e. The van der Waals surface area contributed by atoms with Crippen LogP contribution in [0.1, 0.15) is 6.92 Å². The van der Waals surface area contributed by atoms with Crippen LogP contribution in [0.4, 0.5) is 5.82 Å². The Labute approximate surface area is 101 Å². The Morgan fingerprint density at radius 3 is 2.94 bits per heavy atom. The first kappa shape index (κ1) is 13.5. The Balaban J connectivity index is 2.73. The zero-order valence-electron chi connectivity index (χ0n) is 9.39. The fraction of sp³-hybridized carbons (Fsp3) is 0.444. The number of nitrogens with two attached hydrogens (primary N) is 1. The van der Waals surface area contributed by atoms with Gasteiger partial charge >= 0.3 is 5.97 Å². The molecule has 4 N–H and O–H groups in total. The maximum absolute atomic E-state index is 11.2. The van der Waals surface area contributed by atoms with E-state index in [1.165, 1.54) is 14.0 Å². The van der Waals surface area contributed by atoms with Crippen LogP contribution in [0.3, 0.4) is 0 Å². The molecular formula is C9H13N3O4S. The second kappa shape index (κ2) is 5.19. The van der Waals surface area contributed by atoms with E-state index in [0.29, 0.717) is 0 Å². The summed E-state index contributed by atoms with van der Waals surface area (Å²) in [7, 11) is 1.18. The number of hydrogen-bond donors (Lipinski definition) is 3. The Morgan fingerprint density at radius 2 is 2.41 bits per heavy atom. The van der Waals surface area contributed by atoms with Gasteiger partial charge in [-0.1, -0.05) is 11.8 Å². The summed E-state index contributed by atoms with van der Waals surface area (Å²) in [4.78, 5) is 28.5. The van der Waals surface area contributed by atoms with E-state index in [9.17, 15) is 14.7 Å². The van der Waals surface area contributed by atoms with Gasteiger partial charge in [0.25, 0.3) is 5.56 Å². The number of aromatic amines is 1. The summed E-state index contributed by atoms with van der Waals surface area (Å²) in [6.07, 6.45) is 0. The van der Waals surface area contributed by atoms with E-state index in [1.54, 1.807) is 0 Å². The maximum Gasteiger partial charge on any atom is 0.338 e. The second-order valence-corrected chi connectivity index (χ2v) is 4.49. The monoisotopic (exact) mass is 259 g/mol. The average molecular weight is 259 g/mol. The highest BCUT2D eigenvalue weighted by molar-refractivity contribution is 7.99. The van der Waals surface area contributed by atoms with Crippen molar-refractivity contribution in [2.45, 2.75) is 17.7 Å². The number of thioether (sulfide) groups is 1. The number of anilines is 1. The van der Waals surface area contributed by atoms with Crippen molar-refractivity contribution < 1.29 is 14.6 Å². The van der Waals surface area contributed by atoms with Crippen molar-refractivity contribution in [3.8, 4) is 0 Å². The number of methoxy groups -OCH3 is 1. The van der Waals surface area contributed by atoms with Crippen molar-refractivity contribution in [3.05, 3.63) is 16.4 Å². The van der Waals surface area contributed by atoms with Gasteiger partial charge < -0.3 is 20.6 Å². The molecule has 17 heavy (non-hydrogen) atoms. The smallest absolute Gasteiger partial charge is 0.338 e. The molecule has 1 atom stereocenters. The van der Waals surface area contributed by atoms with Crippen LogP contribution in [0.2, 0.25) is 0 Å². The molecule has 0 aliphatic rings. The molecule has 0 spiro atoms. The number of hydrogen-bond acceptors (Lipinski definition) is 7. The number of esters is 1. The SMILES string of the molecule is COC(=O)C(C)(O)CSc1nc(N)cc(=O)[nH]1. The lowest BCUT2D eigenvalue weighted by Gasteiger charge is -2.18. The molecule has 8 heteroatoms. The van der Waals surface area contributed by atoms with Crippen molar-refractivity contribution in [2.75, 3.05) is 18.6 Å². The molecule has 1 unspecified atom stereocenters. The summed E-state index contributed by atoms with van der Waals surface area (Å²) in [5.74, 6) is -0.684. The molecule has 1 rings (SSSR count). The molecule has 1 aromatic heterocycles. The predicted octanol–water partition coefficient (Wildman–Crippen LogP) is -0.632. The Hall–Kier alpha value is -1.54. The summed E-state index contributed by atoms with van der Waals surface area (Å²) in [6.45, 7) is 1.32. The zero-order valence-corrected chi connectivity index (χ0v) is 10.2. The number of rotatable bonds is 4. The van der Waals surface area contributed by atoms with Crippen molar-refractivity contribution in [1.82, 2.24) is 9.97 Å². The predicted molar refractivity (Wildman–Crippen MR) is 62.6 cm³/mol. The molecule has 0 fully saturated rings. The molecule has 0 radical (unpaired) electrons. The van der Waals surface area contributed by atoms with Crippen LogP contribution in [-0.2, 0) is 9.53 Å². The van der Waals surface area contributed by atoms with Gasteiger partial charge in [0.1, 0.15) is 5.82 Å². The molecular weight excluding hydrogens is 246 g/mol. The lowest BCUT2D eigenvalue weighted by atomic mass is 10.1. The highest BCUT2D eigenvalue weighted by atomic mass is 32.2. The molecule has 0 bridgehead atoms. The number of aromatic nitrogens is 2. The van der Waals surface area contributed by atoms with E-state index in [-0.39, 0.29) is 16.7 Å². The van der Waals surface area contributed by atoms with Crippen LogP contribution in [0.5, 0.6) is 0 Å². The summed E-state index contributed by atoms with van der Waals surface area (Å²) in [6, 6.07) is 1.14. The maximum atomic E-state index is 11.2. The first-order valence-electron chi connectivity index (χ1n) is 4.65. The first-order valence-corrected chi connectivity index (χ1v) is 5.64. The minimum atomic E-state index is -1.65. The van der Waals surface area contributed by atoms with Crippen LogP contribution >= 0.6 is 11.8 Å². The molecule has 0 amide bonds. The molecule has 0 saturated heterocycles. The summed E-state index contributed by atoms with van der Waals surface area (Å²) < 4.78 is 4.43. The van der Waals surface area contributed by atoms with Crippen LogP contribution in [0, 0.1) is 0 Å². The van der Waals surface area contributed by atoms with E-state index in [0.717, 1.165) is 17.8 Å². The highest BCUT2D eigenvalue weighted by Gasteiger charge is 2.31. The van der Waals surface area contributed by atoms with Gasteiger partial charge in [-0.2, -0.15) is 0 Å². The Morgan fingerprint density at radius 1 is 1.76 bits per heavy atom. The van der Waals surface area contributed by atoms with Gasteiger partial charge in [0, 0.05) is 11.8 Å². The molecule has 94 valence electrons. The van der Waals surface area contributed by atoms with Gasteiger partial charge in [0.05, 0.1) is 7.11 Å². The number of carbonyl (C=O) groups excluding carboxylic acids is 1. The van der Waals surface area contributed by atoms with Crippen molar-refractivity contribution in [3.63, 3.8) is 0 Å². The quantitative estimate of drug-likeness (QED) is 0.374. The Bertz CT molecular complexity index is 472. The number of nitrogen functional groups attached to an aromatic ring is 1. The van der Waals surface area contributed by atoms with Gasteiger partial charge in [-0.05, 0) is 6.92 Å². The summed E-state index contributed by atoms with van der Waals surface area (Å²) in [5, 5.41) is 9.97. The van der Waals surface area contributed by atoms with E-state index in [2.05, 4.69) is 14.7 Å². The van der Waals surface area contributed by atoms with E-state index >= 15 is 0 Å². The minimum absolute atomic E-state index is 0.00787. The van der Waals surface area contributed by atoms with Crippen LogP contribution < -0.4 is 11.3 Å². The average Bonchev–Trinajstić information content (AvgIpc) is 2.24. The molecule has 0 saturated carbocycles. The molecule has 1 heterocycles. The normalized spacial score (nSPS) is 14.1. The zero-order chi connectivity index (χ0) is 13.1. The third-order valence-electron chi connectivity index (χ3n) is 1.85. The fourth-order valence-electron chi connectivity index (χ4n) is 1.01. The number of carbonyl (C=O) groups is 1. The van der Waals surface area contributed by atoms with Crippen molar-refractivity contribution >= 4 is 23.5 Å². The van der Waals surface area contributed by atoms with Crippen LogP contribution in [0.25, 0.3) is 0 Å². The highest BCUT2D eigenvalue weighted by Crippen LogP contribution is 2.19. The van der Waals surface area contributed by atoms with Crippen molar-refractivity contribution in [2.24, 2.45) is 0 Å². The van der Waals surface area contributed by atoms with Crippen LogP contribution in [0.15, 0.2) is 16.0 Å². The molecule has 7 nitrogen and oxygen atoms in total. The van der Waals surface area contributed by atoms with Crippen molar-refractivity contribution in [1.29, 1.82) is 0 Å². The molecule has 0 aliphatic carbocycles. The van der Waals surface area contributed by atoms with Gasteiger partial charge in [-0.25, -0.2) is 9.78 Å². The van der Waals surface area contributed by atoms with E-state index < -0.39 is 17.1 Å². The van der Waals surface area contributed by atoms with Gasteiger partial charge in [-0.15, -0.1) is 0 Å². The molecule has 1 aromatic rings. The molecule has 0 aromatic carbocycles.